The van der Waals surface area contributed by atoms with Gasteiger partial charge in [-0.3, -0.25) is 9.69 Å². The molecule has 1 aromatic carbocycles. The summed E-state index contributed by atoms with van der Waals surface area (Å²) in [6.07, 6.45) is -11.0. The van der Waals surface area contributed by atoms with E-state index >= 15 is 0 Å². The molecule has 1 saturated heterocycles. The minimum atomic E-state index is -4.91. The number of aromatic nitrogens is 1. The fourth-order valence-corrected chi connectivity index (χ4v) is 4.21. The van der Waals surface area contributed by atoms with Crippen molar-refractivity contribution < 1.29 is 45.7 Å². The van der Waals surface area contributed by atoms with Crippen LogP contribution in [0.4, 0.5) is 26.3 Å². The van der Waals surface area contributed by atoms with Crippen LogP contribution in [0.1, 0.15) is 32.0 Å². The maximum Gasteiger partial charge on any atom is 0.573 e. The van der Waals surface area contributed by atoms with Crippen molar-refractivity contribution in [1.29, 1.82) is 0 Å². The van der Waals surface area contributed by atoms with E-state index in [2.05, 4.69) is 15.0 Å². The molecule has 2 aromatic rings. The molecule has 188 valence electrons. The lowest BCUT2D eigenvalue weighted by Crippen LogP contribution is -2.38. The number of halogens is 6. The highest BCUT2D eigenvalue weighted by Crippen LogP contribution is 2.36. The third-order valence-electron chi connectivity index (χ3n) is 4.77. The van der Waals surface area contributed by atoms with Gasteiger partial charge in [-0.25, -0.2) is 4.98 Å². The number of morpholine rings is 1. The summed E-state index contributed by atoms with van der Waals surface area (Å²) >= 11 is 0.450. The molecule has 0 bridgehead atoms. The number of nitrogens with zero attached hydrogens (tertiary/aromatic N) is 2. The van der Waals surface area contributed by atoms with Gasteiger partial charge in [0.2, 0.25) is 0 Å². The molecule has 2 heterocycles. The molecule has 3 rings (SSSR count). The first-order chi connectivity index (χ1) is 15.9. The molecule has 1 atom stereocenters. The van der Waals surface area contributed by atoms with Crippen LogP contribution in [-0.4, -0.2) is 66.7 Å². The van der Waals surface area contributed by atoms with Gasteiger partial charge in [0, 0.05) is 26.2 Å². The summed E-state index contributed by atoms with van der Waals surface area (Å²) in [6.45, 7) is 1.81. The second kappa shape index (κ2) is 10.9. The second-order valence-corrected chi connectivity index (χ2v) is 8.39. The van der Waals surface area contributed by atoms with Crippen molar-refractivity contribution in [2.45, 2.75) is 25.1 Å². The van der Waals surface area contributed by atoms with Crippen molar-refractivity contribution in [1.82, 2.24) is 15.2 Å². The van der Waals surface area contributed by atoms with Crippen LogP contribution in [0.3, 0.4) is 0 Å². The first kappa shape index (κ1) is 26.2. The topological polar surface area (TPSA) is 83.9 Å². The summed E-state index contributed by atoms with van der Waals surface area (Å²) < 4.78 is 86.4. The lowest BCUT2D eigenvalue weighted by Gasteiger charge is -2.27. The Morgan fingerprint density at radius 1 is 1.24 bits per heavy atom. The molecular formula is C20H21F6N3O4S. The number of nitrogens with one attached hydrogen (secondary N) is 1. The summed E-state index contributed by atoms with van der Waals surface area (Å²) in [4.78, 5) is 17.1. The highest BCUT2D eigenvalue weighted by molar-refractivity contribution is 7.13. The van der Waals surface area contributed by atoms with E-state index in [1.165, 1.54) is 12.1 Å². The third kappa shape index (κ3) is 7.55. The van der Waals surface area contributed by atoms with Crippen LogP contribution in [-0.2, 0) is 17.3 Å². The highest BCUT2D eigenvalue weighted by Gasteiger charge is 2.40. The first-order valence-corrected chi connectivity index (χ1v) is 10.9. The Bertz CT molecular complexity index is 976. The van der Waals surface area contributed by atoms with Gasteiger partial charge in [-0.1, -0.05) is 12.1 Å². The van der Waals surface area contributed by atoms with Gasteiger partial charge in [0.1, 0.15) is 21.7 Å². The highest BCUT2D eigenvalue weighted by atomic mass is 32.1. The molecule has 14 heteroatoms. The summed E-state index contributed by atoms with van der Waals surface area (Å²) in [6, 6.07) is 5.04. The number of ether oxygens (including phenoxy) is 2. The van der Waals surface area contributed by atoms with Crippen LogP contribution in [0.25, 0.3) is 0 Å². The van der Waals surface area contributed by atoms with Crippen molar-refractivity contribution in [2.75, 3.05) is 39.4 Å². The molecule has 0 saturated carbocycles. The van der Waals surface area contributed by atoms with Gasteiger partial charge in [0.05, 0.1) is 13.2 Å². The Kier molecular flexibility index (Phi) is 8.38. The van der Waals surface area contributed by atoms with Crippen LogP contribution in [0.15, 0.2) is 24.3 Å². The fraction of sp³-hybridized carbons (Fsp3) is 0.500. The number of hydrogen-bond acceptors (Lipinski definition) is 7. The Balaban J connectivity index is 1.65. The summed E-state index contributed by atoms with van der Waals surface area (Å²) in [7, 11) is 0. The normalized spacial score (nSPS) is 16.3. The van der Waals surface area contributed by atoms with Gasteiger partial charge in [-0.2, -0.15) is 13.2 Å². The maximum atomic E-state index is 13.5. The molecule has 1 unspecified atom stereocenters. The SMILES string of the molecule is O=C(NCCc1cccc(OC(F)(F)F)c1)c1sc(C(O)CN2CCOCC2)nc1C(F)(F)F. The number of hydrogen-bond donors (Lipinski definition) is 2. The van der Waals surface area contributed by atoms with Gasteiger partial charge < -0.3 is 19.9 Å². The van der Waals surface area contributed by atoms with Crippen LogP contribution < -0.4 is 10.1 Å². The number of β-amino-alcohol motifs (C(OH)–C–C–N with tert-alkyl or cyclic N) is 1. The van der Waals surface area contributed by atoms with Gasteiger partial charge >= 0.3 is 12.5 Å². The average Bonchev–Trinajstić information content (AvgIpc) is 3.20. The number of aliphatic hydroxyl groups is 1. The van der Waals surface area contributed by atoms with E-state index in [-0.39, 0.29) is 24.5 Å². The molecule has 0 aliphatic carbocycles. The van der Waals surface area contributed by atoms with Gasteiger partial charge in [-0.15, -0.1) is 24.5 Å². The molecule has 7 nitrogen and oxygen atoms in total. The quantitative estimate of drug-likeness (QED) is 0.527. The van der Waals surface area contributed by atoms with E-state index in [9.17, 15) is 36.2 Å². The number of carbonyl (C=O) groups excluding carboxylic acids is 1. The zero-order valence-electron chi connectivity index (χ0n) is 17.6. The largest absolute Gasteiger partial charge is 0.573 e. The maximum absolute atomic E-state index is 13.5. The summed E-state index contributed by atoms with van der Waals surface area (Å²) in [5, 5.41) is 12.4. The molecule has 1 amide bonds. The number of thiazole rings is 1. The van der Waals surface area contributed by atoms with Crippen LogP contribution in [0.5, 0.6) is 5.75 Å². The molecule has 0 spiro atoms. The Morgan fingerprint density at radius 2 is 1.94 bits per heavy atom. The van der Waals surface area contributed by atoms with Gasteiger partial charge in [-0.05, 0) is 24.1 Å². The van der Waals surface area contributed by atoms with Crippen LogP contribution in [0, 0.1) is 0 Å². The molecule has 1 fully saturated rings. The fourth-order valence-electron chi connectivity index (χ4n) is 3.23. The predicted molar refractivity (Wildman–Crippen MR) is 108 cm³/mol. The predicted octanol–water partition coefficient (Wildman–Crippen LogP) is 3.40. The average molecular weight is 513 g/mol. The number of carbonyl (C=O) groups is 1. The number of benzene rings is 1. The minimum absolute atomic E-state index is 0.0472. The molecule has 1 aromatic heterocycles. The van der Waals surface area contributed by atoms with Crippen molar-refractivity contribution >= 4 is 17.2 Å². The zero-order chi connectivity index (χ0) is 24.9. The molecular weight excluding hydrogens is 492 g/mol. The van der Waals surface area contributed by atoms with Crippen molar-refractivity contribution in [3.63, 3.8) is 0 Å². The number of alkyl halides is 6. The van der Waals surface area contributed by atoms with E-state index in [0.717, 1.165) is 12.1 Å². The lowest BCUT2D eigenvalue weighted by atomic mass is 10.1. The molecule has 2 N–H and O–H groups in total. The van der Waals surface area contributed by atoms with Crippen LogP contribution in [0.2, 0.25) is 0 Å². The van der Waals surface area contributed by atoms with Crippen molar-refractivity contribution in [3.05, 3.63) is 45.4 Å². The first-order valence-electron chi connectivity index (χ1n) is 10.1. The molecule has 1 aliphatic heterocycles. The van der Waals surface area contributed by atoms with E-state index < -0.39 is 40.9 Å². The smallest absolute Gasteiger partial charge is 0.406 e. The monoisotopic (exact) mass is 513 g/mol. The zero-order valence-corrected chi connectivity index (χ0v) is 18.4. The Hall–Kier alpha value is -2.42. The number of rotatable bonds is 8. The van der Waals surface area contributed by atoms with E-state index in [1.54, 1.807) is 0 Å². The van der Waals surface area contributed by atoms with E-state index in [1.807, 2.05) is 4.90 Å². The number of amides is 1. The van der Waals surface area contributed by atoms with E-state index in [4.69, 9.17) is 4.74 Å². The van der Waals surface area contributed by atoms with Crippen LogP contribution >= 0.6 is 11.3 Å². The van der Waals surface area contributed by atoms with Crippen molar-refractivity contribution in [2.24, 2.45) is 0 Å². The number of aliphatic hydroxyl groups excluding tert-OH is 1. The lowest BCUT2D eigenvalue weighted by molar-refractivity contribution is -0.274. The molecule has 1 aliphatic rings. The Morgan fingerprint density at radius 3 is 2.59 bits per heavy atom. The Labute approximate surface area is 194 Å². The summed E-state index contributed by atoms with van der Waals surface area (Å²) in [5.74, 6) is -1.49. The molecule has 0 radical (unpaired) electrons. The van der Waals surface area contributed by atoms with E-state index in [0.29, 0.717) is 43.2 Å². The van der Waals surface area contributed by atoms with Crippen molar-refractivity contribution in [3.8, 4) is 5.75 Å². The van der Waals surface area contributed by atoms with Gasteiger partial charge in [0.25, 0.3) is 5.91 Å². The van der Waals surface area contributed by atoms with Gasteiger partial charge in [0.15, 0.2) is 5.69 Å². The summed E-state index contributed by atoms with van der Waals surface area (Å²) in [5.41, 5.74) is -1.02. The second-order valence-electron chi connectivity index (χ2n) is 7.36. The third-order valence-corrected chi connectivity index (χ3v) is 5.92. The minimum Gasteiger partial charge on any atom is -0.406 e. The molecule has 34 heavy (non-hydrogen) atoms. The standard InChI is InChI=1S/C20H21F6N3O4S/c21-19(22,23)16-15(34-18(28-16)14(30)11-29-6-8-32-9-7-29)17(31)27-5-4-12-2-1-3-13(10-12)33-20(24,25)26/h1-3,10,14,30H,4-9,11H2,(H,27,31).